The fraction of sp³-hybridized carbons (Fsp3) is 0.294. The Hall–Kier alpha value is -1.31. The maximum Gasteiger partial charge on any atom is 0.0591 e. The Labute approximate surface area is 120 Å². The summed E-state index contributed by atoms with van der Waals surface area (Å²) in [6.45, 7) is 5.20. The standard InChI is InChI=1S/C17H20ClN/c1-3-13-8-7-9-14(12-13)17(19-4-2)15-10-5-6-11-16(15)18/h5-12,17,19H,3-4H2,1-2H3. The van der Waals surface area contributed by atoms with Crippen LogP contribution in [-0.2, 0) is 6.42 Å². The van der Waals surface area contributed by atoms with Crippen LogP contribution in [0.4, 0.5) is 0 Å². The first-order chi connectivity index (χ1) is 9.26. The maximum atomic E-state index is 6.34. The second kappa shape index (κ2) is 6.74. The molecule has 1 atom stereocenters. The number of hydrogen-bond acceptors (Lipinski definition) is 1. The largest absolute Gasteiger partial charge is 0.306 e. The molecule has 100 valence electrons. The molecule has 0 amide bonds. The van der Waals surface area contributed by atoms with Crippen LogP contribution in [0.5, 0.6) is 0 Å². The van der Waals surface area contributed by atoms with E-state index in [0.29, 0.717) is 0 Å². The van der Waals surface area contributed by atoms with Crippen LogP contribution in [0.15, 0.2) is 48.5 Å². The van der Waals surface area contributed by atoms with Gasteiger partial charge in [-0.2, -0.15) is 0 Å². The Morgan fingerprint density at radius 1 is 1.05 bits per heavy atom. The van der Waals surface area contributed by atoms with Crippen LogP contribution < -0.4 is 5.32 Å². The van der Waals surface area contributed by atoms with Crippen LogP contribution in [0.3, 0.4) is 0 Å². The lowest BCUT2D eigenvalue weighted by atomic mass is 9.96. The monoisotopic (exact) mass is 273 g/mol. The average Bonchev–Trinajstić information content (AvgIpc) is 2.46. The van der Waals surface area contributed by atoms with Crippen molar-refractivity contribution < 1.29 is 0 Å². The number of benzene rings is 2. The summed E-state index contributed by atoms with van der Waals surface area (Å²) in [5.74, 6) is 0. The lowest BCUT2D eigenvalue weighted by Crippen LogP contribution is -2.22. The quantitative estimate of drug-likeness (QED) is 0.839. The Bertz CT molecular complexity index is 536. The molecule has 0 saturated carbocycles. The van der Waals surface area contributed by atoms with E-state index in [1.807, 2.05) is 18.2 Å². The van der Waals surface area contributed by atoms with Gasteiger partial charge in [-0.3, -0.25) is 0 Å². The van der Waals surface area contributed by atoms with Gasteiger partial charge in [0, 0.05) is 5.02 Å². The van der Waals surface area contributed by atoms with Crippen LogP contribution in [0.2, 0.25) is 5.02 Å². The zero-order chi connectivity index (χ0) is 13.7. The molecule has 2 rings (SSSR count). The van der Waals surface area contributed by atoms with Crippen molar-refractivity contribution in [3.63, 3.8) is 0 Å². The summed E-state index contributed by atoms with van der Waals surface area (Å²) >= 11 is 6.34. The average molecular weight is 274 g/mol. The topological polar surface area (TPSA) is 12.0 Å². The number of rotatable bonds is 5. The van der Waals surface area contributed by atoms with Crippen molar-refractivity contribution in [2.24, 2.45) is 0 Å². The Morgan fingerprint density at radius 3 is 2.53 bits per heavy atom. The molecule has 0 aromatic heterocycles. The minimum Gasteiger partial charge on any atom is -0.306 e. The molecule has 19 heavy (non-hydrogen) atoms. The molecule has 0 fully saturated rings. The van der Waals surface area contributed by atoms with Crippen molar-refractivity contribution in [2.45, 2.75) is 26.3 Å². The number of aryl methyl sites for hydroxylation is 1. The van der Waals surface area contributed by atoms with Crippen LogP contribution in [0.1, 0.15) is 36.6 Å². The van der Waals surface area contributed by atoms with Crippen LogP contribution in [0, 0.1) is 0 Å². The molecular weight excluding hydrogens is 254 g/mol. The lowest BCUT2D eigenvalue weighted by Gasteiger charge is -2.20. The molecule has 1 unspecified atom stereocenters. The van der Waals surface area contributed by atoms with Gasteiger partial charge >= 0.3 is 0 Å². The van der Waals surface area contributed by atoms with Gasteiger partial charge in [-0.05, 0) is 35.7 Å². The molecule has 0 aliphatic rings. The highest BCUT2D eigenvalue weighted by atomic mass is 35.5. The third-order valence-corrected chi connectivity index (χ3v) is 3.66. The first-order valence-electron chi connectivity index (χ1n) is 6.83. The highest BCUT2D eigenvalue weighted by Crippen LogP contribution is 2.28. The number of hydrogen-bond donors (Lipinski definition) is 1. The molecule has 2 aromatic rings. The highest BCUT2D eigenvalue weighted by molar-refractivity contribution is 6.31. The van der Waals surface area contributed by atoms with E-state index in [9.17, 15) is 0 Å². The molecular formula is C17H20ClN. The molecule has 0 heterocycles. The molecule has 0 spiro atoms. The van der Waals surface area contributed by atoms with Crippen molar-refractivity contribution in [3.05, 3.63) is 70.2 Å². The van der Waals surface area contributed by atoms with E-state index in [2.05, 4.69) is 49.5 Å². The SMILES string of the molecule is CCNC(c1cccc(CC)c1)c1ccccc1Cl. The van der Waals surface area contributed by atoms with Crippen molar-refractivity contribution >= 4 is 11.6 Å². The van der Waals surface area contributed by atoms with Crippen LogP contribution in [-0.4, -0.2) is 6.54 Å². The molecule has 0 aliphatic heterocycles. The number of halogens is 1. The van der Waals surface area contributed by atoms with Gasteiger partial charge in [0.25, 0.3) is 0 Å². The summed E-state index contributed by atoms with van der Waals surface area (Å²) in [4.78, 5) is 0. The van der Waals surface area contributed by atoms with E-state index >= 15 is 0 Å². The molecule has 2 heteroatoms. The molecule has 0 aliphatic carbocycles. The predicted molar refractivity (Wildman–Crippen MR) is 82.8 cm³/mol. The van der Waals surface area contributed by atoms with Crippen LogP contribution >= 0.6 is 11.6 Å². The third kappa shape index (κ3) is 3.37. The van der Waals surface area contributed by atoms with E-state index < -0.39 is 0 Å². The smallest absolute Gasteiger partial charge is 0.0591 e. The summed E-state index contributed by atoms with van der Waals surface area (Å²) in [5, 5.41) is 4.34. The second-order valence-corrected chi connectivity index (χ2v) is 5.02. The summed E-state index contributed by atoms with van der Waals surface area (Å²) in [7, 11) is 0. The molecule has 2 aromatic carbocycles. The summed E-state index contributed by atoms with van der Waals surface area (Å²) in [5.41, 5.74) is 3.76. The fourth-order valence-corrected chi connectivity index (χ4v) is 2.56. The zero-order valence-electron chi connectivity index (χ0n) is 11.5. The van der Waals surface area contributed by atoms with Gasteiger partial charge < -0.3 is 5.32 Å². The van der Waals surface area contributed by atoms with Gasteiger partial charge in [0.15, 0.2) is 0 Å². The van der Waals surface area contributed by atoms with E-state index in [-0.39, 0.29) is 6.04 Å². The minimum absolute atomic E-state index is 0.158. The van der Waals surface area contributed by atoms with E-state index in [0.717, 1.165) is 23.6 Å². The normalized spacial score (nSPS) is 12.4. The molecule has 0 bridgehead atoms. The van der Waals surface area contributed by atoms with E-state index in [1.54, 1.807) is 0 Å². The summed E-state index contributed by atoms with van der Waals surface area (Å²) in [6, 6.07) is 16.9. The van der Waals surface area contributed by atoms with Gasteiger partial charge in [0.2, 0.25) is 0 Å². The van der Waals surface area contributed by atoms with E-state index in [1.165, 1.54) is 11.1 Å². The Morgan fingerprint density at radius 2 is 1.84 bits per heavy atom. The van der Waals surface area contributed by atoms with E-state index in [4.69, 9.17) is 11.6 Å². The molecule has 0 saturated heterocycles. The van der Waals surface area contributed by atoms with Gasteiger partial charge in [-0.25, -0.2) is 0 Å². The van der Waals surface area contributed by atoms with Gasteiger partial charge in [0.05, 0.1) is 6.04 Å². The highest BCUT2D eigenvalue weighted by Gasteiger charge is 2.15. The molecule has 0 radical (unpaired) electrons. The number of nitrogens with one attached hydrogen (secondary N) is 1. The maximum absolute atomic E-state index is 6.34. The van der Waals surface area contributed by atoms with Crippen LogP contribution in [0.25, 0.3) is 0 Å². The fourth-order valence-electron chi connectivity index (χ4n) is 2.31. The van der Waals surface area contributed by atoms with Crippen molar-refractivity contribution in [1.82, 2.24) is 5.32 Å². The Kier molecular flexibility index (Phi) is 5.00. The Balaban J connectivity index is 2.42. The minimum atomic E-state index is 0.158. The second-order valence-electron chi connectivity index (χ2n) is 4.61. The summed E-state index contributed by atoms with van der Waals surface area (Å²) in [6.07, 6.45) is 1.05. The first-order valence-corrected chi connectivity index (χ1v) is 7.20. The zero-order valence-corrected chi connectivity index (χ0v) is 12.2. The molecule has 1 nitrogen and oxygen atoms in total. The molecule has 1 N–H and O–H groups in total. The van der Waals surface area contributed by atoms with Gasteiger partial charge in [-0.1, -0.05) is 67.9 Å². The van der Waals surface area contributed by atoms with Crippen molar-refractivity contribution in [3.8, 4) is 0 Å². The summed E-state index contributed by atoms with van der Waals surface area (Å²) < 4.78 is 0. The predicted octanol–water partition coefficient (Wildman–Crippen LogP) is 4.60. The van der Waals surface area contributed by atoms with Crippen molar-refractivity contribution in [2.75, 3.05) is 6.54 Å². The van der Waals surface area contributed by atoms with Crippen molar-refractivity contribution in [1.29, 1.82) is 0 Å². The first kappa shape index (κ1) is 14.1. The van der Waals surface area contributed by atoms with Gasteiger partial charge in [-0.15, -0.1) is 0 Å². The lowest BCUT2D eigenvalue weighted by molar-refractivity contribution is 0.630. The third-order valence-electron chi connectivity index (χ3n) is 3.32. The van der Waals surface area contributed by atoms with Gasteiger partial charge in [0.1, 0.15) is 0 Å².